The van der Waals surface area contributed by atoms with Crippen LogP contribution in [0, 0.1) is 0 Å². The number of hydrogen-bond donors (Lipinski definition) is 2. The van der Waals surface area contributed by atoms with E-state index in [1.165, 1.54) is 22.3 Å². The first-order valence-corrected chi connectivity index (χ1v) is 13.3. The zero-order valence-electron chi connectivity index (χ0n) is 22.0. The van der Waals surface area contributed by atoms with E-state index in [0.29, 0.717) is 11.4 Å². The zero-order valence-corrected chi connectivity index (χ0v) is 22.0. The lowest BCUT2D eigenvalue weighted by atomic mass is 9.63. The van der Waals surface area contributed by atoms with E-state index in [9.17, 15) is 0 Å². The molecule has 5 aromatic rings. The monoisotopic (exact) mass is 522 g/mol. The lowest BCUT2D eigenvalue weighted by Gasteiger charge is -2.39. The molecule has 0 fully saturated rings. The Morgan fingerprint density at radius 3 is 1.38 bits per heavy atom. The van der Waals surface area contributed by atoms with E-state index < -0.39 is 5.41 Å². The molecule has 0 amide bonds. The van der Waals surface area contributed by atoms with Crippen LogP contribution in [0.4, 0.5) is 11.4 Å². The molecule has 6 rings (SSSR count). The fourth-order valence-corrected chi connectivity index (χ4v) is 5.29. The first kappa shape index (κ1) is 25.1. The van der Waals surface area contributed by atoms with Gasteiger partial charge in [-0.05, 0) is 101 Å². The number of ether oxygens (including phenoxy) is 2. The molecule has 0 unspecified atom stereocenters. The minimum absolute atomic E-state index is 0.393. The summed E-state index contributed by atoms with van der Waals surface area (Å²) >= 11 is 0. The molecule has 4 nitrogen and oxygen atoms in total. The molecule has 40 heavy (non-hydrogen) atoms. The molecule has 0 spiro atoms. The molecule has 0 atom stereocenters. The zero-order chi connectivity index (χ0) is 27.4. The SMILES string of the molecule is Nc1ccc(Oc2ccc(C3(c4ccc(Oc5ccc(N)cc5)cc4)CC=CC=C3c3ccccc3)cc2)cc1. The average Bonchev–Trinajstić information content (AvgIpc) is 3.01. The molecule has 0 aliphatic heterocycles. The first-order valence-electron chi connectivity index (χ1n) is 13.3. The van der Waals surface area contributed by atoms with Crippen molar-refractivity contribution in [2.45, 2.75) is 11.8 Å². The number of anilines is 2. The molecule has 1 aliphatic carbocycles. The van der Waals surface area contributed by atoms with Crippen molar-refractivity contribution in [3.63, 3.8) is 0 Å². The van der Waals surface area contributed by atoms with E-state index >= 15 is 0 Å². The van der Waals surface area contributed by atoms with Crippen LogP contribution in [0.1, 0.15) is 23.1 Å². The predicted octanol–water partition coefficient (Wildman–Crippen LogP) is 8.77. The van der Waals surface area contributed by atoms with Crippen LogP contribution in [0.5, 0.6) is 23.0 Å². The largest absolute Gasteiger partial charge is 0.457 e. The normalized spacial score (nSPS) is 13.8. The van der Waals surface area contributed by atoms with Crippen LogP contribution in [0.15, 0.2) is 146 Å². The van der Waals surface area contributed by atoms with Gasteiger partial charge < -0.3 is 20.9 Å². The molecule has 0 saturated heterocycles. The molecular weight excluding hydrogens is 492 g/mol. The number of benzene rings is 5. The van der Waals surface area contributed by atoms with E-state index in [-0.39, 0.29) is 0 Å². The van der Waals surface area contributed by atoms with Gasteiger partial charge in [0.2, 0.25) is 0 Å². The van der Waals surface area contributed by atoms with E-state index in [4.69, 9.17) is 20.9 Å². The van der Waals surface area contributed by atoms with Crippen molar-refractivity contribution in [1.29, 1.82) is 0 Å². The predicted molar refractivity (Wildman–Crippen MR) is 164 cm³/mol. The Morgan fingerprint density at radius 2 is 0.925 bits per heavy atom. The summed E-state index contributed by atoms with van der Waals surface area (Å²) in [6.45, 7) is 0. The van der Waals surface area contributed by atoms with Crippen LogP contribution in [-0.2, 0) is 5.41 Å². The van der Waals surface area contributed by atoms with E-state index in [1.54, 1.807) is 0 Å². The van der Waals surface area contributed by atoms with Crippen LogP contribution in [0.25, 0.3) is 5.57 Å². The summed E-state index contributed by atoms with van der Waals surface area (Å²) in [5.74, 6) is 3.04. The summed E-state index contributed by atoms with van der Waals surface area (Å²) in [6, 6.07) is 42.3. The van der Waals surface area contributed by atoms with Gasteiger partial charge >= 0.3 is 0 Å². The Bertz CT molecular complexity index is 1550. The van der Waals surface area contributed by atoms with Crippen LogP contribution in [-0.4, -0.2) is 0 Å². The van der Waals surface area contributed by atoms with Crippen molar-refractivity contribution < 1.29 is 9.47 Å². The topological polar surface area (TPSA) is 70.5 Å². The van der Waals surface area contributed by atoms with Gasteiger partial charge in [-0.2, -0.15) is 0 Å². The lowest BCUT2D eigenvalue weighted by molar-refractivity contribution is 0.481. The highest BCUT2D eigenvalue weighted by Crippen LogP contribution is 2.49. The van der Waals surface area contributed by atoms with Gasteiger partial charge in [0.25, 0.3) is 0 Å². The van der Waals surface area contributed by atoms with Gasteiger partial charge in [0, 0.05) is 16.8 Å². The standard InChI is InChI=1S/C36H30N2O2/c37-29-13-21-33(22-14-29)39-31-17-9-27(10-18-31)36(25-5-4-8-35(36)26-6-2-1-3-7-26)28-11-19-32(20-12-28)40-34-23-15-30(38)16-24-34/h1-24H,25,37-38H2. The van der Waals surface area contributed by atoms with Crippen molar-refractivity contribution >= 4 is 16.9 Å². The maximum absolute atomic E-state index is 6.10. The molecular formula is C36H30N2O2. The third kappa shape index (κ3) is 5.07. The minimum atomic E-state index is -0.393. The Labute approximate surface area is 234 Å². The third-order valence-electron chi connectivity index (χ3n) is 7.29. The Hall–Kier alpha value is -5.22. The molecule has 0 heterocycles. The van der Waals surface area contributed by atoms with E-state index in [0.717, 1.165) is 29.4 Å². The van der Waals surface area contributed by atoms with Gasteiger partial charge in [0.15, 0.2) is 0 Å². The summed E-state index contributed by atoms with van der Waals surface area (Å²) in [5.41, 5.74) is 17.5. The van der Waals surface area contributed by atoms with Gasteiger partial charge in [-0.25, -0.2) is 0 Å². The van der Waals surface area contributed by atoms with Gasteiger partial charge in [0.1, 0.15) is 23.0 Å². The summed E-state index contributed by atoms with van der Waals surface area (Å²) in [5, 5.41) is 0. The highest BCUT2D eigenvalue weighted by Gasteiger charge is 2.39. The fourth-order valence-electron chi connectivity index (χ4n) is 5.29. The lowest BCUT2D eigenvalue weighted by Crippen LogP contribution is -2.30. The van der Waals surface area contributed by atoms with Crippen molar-refractivity contribution in [3.8, 4) is 23.0 Å². The van der Waals surface area contributed by atoms with Crippen LogP contribution >= 0.6 is 0 Å². The molecule has 4 N–H and O–H groups in total. The maximum atomic E-state index is 6.10. The van der Waals surface area contributed by atoms with Gasteiger partial charge in [-0.1, -0.05) is 72.8 Å². The van der Waals surface area contributed by atoms with Crippen molar-refractivity contribution in [3.05, 3.63) is 162 Å². The van der Waals surface area contributed by atoms with Gasteiger partial charge in [-0.15, -0.1) is 0 Å². The van der Waals surface area contributed by atoms with Crippen LogP contribution in [0.2, 0.25) is 0 Å². The van der Waals surface area contributed by atoms with Crippen molar-refractivity contribution in [2.24, 2.45) is 0 Å². The number of hydrogen-bond acceptors (Lipinski definition) is 4. The highest BCUT2D eigenvalue weighted by atomic mass is 16.5. The third-order valence-corrected chi connectivity index (χ3v) is 7.29. The Morgan fingerprint density at radius 1 is 0.500 bits per heavy atom. The molecule has 0 saturated carbocycles. The average molecular weight is 523 g/mol. The molecule has 0 radical (unpaired) electrons. The number of rotatable bonds is 7. The molecule has 1 aliphatic rings. The highest BCUT2D eigenvalue weighted by molar-refractivity contribution is 5.82. The summed E-state index contributed by atoms with van der Waals surface area (Å²) < 4.78 is 12.2. The van der Waals surface area contributed by atoms with Gasteiger partial charge in [0.05, 0.1) is 0 Å². The van der Waals surface area contributed by atoms with Crippen LogP contribution in [0.3, 0.4) is 0 Å². The summed E-state index contributed by atoms with van der Waals surface area (Å²) in [7, 11) is 0. The molecule has 5 aromatic carbocycles. The number of nitrogen functional groups attached to an aromatic ring is 2. The van der Waals surface area contributed by atoms with Crippen LogP contribution < -0.4 is 20.9 Å². The van der Waals surface area contributed by atoms with E-state index in [1.807, 2.05) is 72.8 Å². The smallest absolute Gasteiger partial charge is 0.127 e. The van der Waals surface area contributed by atoms with Crippen molar-refractivity contribution in [1.82, 2.24) is 0 Å². The summed E-state index contributed by atoms with van der Waals surface area (Å²) in [4.78, 5) is 0. The molecule has 196 valence electrons. The van der Waals surface area contributed by atoms with Crippen molar-refractivity contribution in [2.75, 3.05) is 11.5 Å². The molecule has 4 heteroatoms. The summed E-state index contributed by atoms with van der Waals surface area (Å²) in [6.07, 6.45) is 7.45. The number of nitrogens with two attached hydrogens (primary N) is 2. The van der Waals surface area contributed by atoms with Gasteiger partial charge in [-0.3, -0.25) is 0 Å². The second-order valence-corrected chi connectivity index (χ2v) is 9.87. The number of allylic oxidation sites excluding steroid dienone is 4. The molecule has 0 bridgehead atoms. The minimum Gasteiger partial charge on any atom is -0.457 e. The quantitative estimate of drug-likeness (QED) is 0.210. The fraction of sp³-hybridized carbons (Fsp3) is 0.0556. The Balaban J connectivity index is 1.38. The first-order chi connectivity index (χ1) is 19.6. The second kappa shape index (κ2) is 10.9. The second-order valence-electron chi connectivity index (χ2n) is 9.87. The Kier molecular flexibility index (Phi) is 6.82. The van der Waals surface area contributed by atoms with E-state index in [2.05, 4.69) is 72.8 Å². The maximum Gasteiger partial charge on any atom is 0.127 e. The molecule has 0 aromatic heterocycles.